The zero-order chi connectivity index (χ0) is 13.4. The number of hydrogen-bond acceptors (Lipinski definition) is 4. The van der Waals surface area contributed by atoms with Crippen LogP contribution in [0, 0.1) is 6.92 Å². The first-order valence-electron chi connectivity index (χ1n) is 6.89. The average molecular weight is 296 g/mol. The SMILES string of the molecule is Cc1ccc(C2NC(C)C(=O)N2CC2CCCS2)s1. The number of thioether (sulfide) groups is 1. The summed E-state index contributed by atoms with van der Waals surface area (Å²) in [5.41, 5.74) is 0. The van der Waals surface area contributed by atoms with Crippen LogP contribution in [0.1, 0.15) is 35.7 Å². The molecule has 0 radical (unpaired) electrons. The maximum atomic E-state index is 12.3. The summed E-state index contributed by atoms with van der Waals surface area (Å²) in [4.78, 5) is 17.0. The van der Waals surface area contributed by atoms with E-state index in [-0.39, 0.29) is 18.1 Å². The van der Waals surface area contributed by atoms with E-state index in [1.165, 1.54) is 28.3 Å². The minimum Gasteiger partial charge on any atom is -0.320 e. The number of hydrogen-bond donors (Lipinski definition) is 1. The summed E-state index contributed by atoms with van der Waals surface area (Å²) in [5.74, 6) is 1.50. The Morgan fingerprint density at radius 2 is 2.32 bits per heavy atom. The third kappa shape index (κ3) is 2.69. The summed E-state index contributed by atoms with van der Waals surface area (Å²) in [6.07, 6.45) is 2.63. The van der Waals surface area contributed by atoms with E-state index in [0.717, 1.165) is 6.54 Å². The van der Waals surface area contributed by atoms with Gasteiger partial charge in [0.2, 0.25) is 5.91 Å². The first-order chi connectivity index (χ1) is 9.15. The van der Waals surface area contributed by atoms with Crippen LogP contribution in [0.15, 0.2) is 12.1 Å². The van der Waals surface area contributed by atoms with Crippen LogP contribution in [0.2, 0.25) is 0 Å². The number of aryl methyl sites for hydroxylation is 1. The molecule has 0 aliphatic carbocycles. The maximum absolute atomic E-state index is 12.3. The van der Waals surface area contributed by atoms with Gasteiger partial charge in [-0.1, -0.05) is 0 Å². The molecule has 0 saturated carbocycles. The number of nitrogens with one attached hydrogen (secondary N) is 1. The van der Waals surface area contributed by atoms with E-state index in [1.807, 2.05) is 18.7 Å². The van der Waals surface area contributed by atoms with Crippen LogP contribution in [0.25, 0.3) is 0 Å². The Morgan fingerprint density at radius 3 is 2.95 bits per heavy atom. The molecule has 3 rings (SSSR count). The Bertz CT molecular complexity index is 468. The molecule has 3 atom stereocenters. The highest BCUT2D eigenvalue weighted by Crippen LogP contribution is 2.34. The molecule has 5 heteroatoms. The van der Waals surface area contributed by atoms with Crippen LogP contribution in [-0.2, 0) is 4.79 Å². The number of amides is 1. The van der Waals surface area contributed by atoms with Crippen molar-refractivity contribution in [2.45, 2.75) is 44.1 Å². The van der Waals surface area contributed by atoms with Crippen LogP contribution >= 0.6 is 23.1 Å². The van der Waals surface area contributed by atoms with Crippen molar-refractivity contribution in [3.8, 4) is 0 Å². The lowest BCUT2D eigenvalue weighted by atomic mass is 10.2. The second-order valence-electron chi connectivity index (χ2n) is 5.36. The highest BCUT2D eigenvalue weighted by atomic mass is 32.2. The summed E-state index contributed by atoms with van der Waals surface area (Å²) in [6, 6.07) is 4.23. The van der Waals surface area contributed by atoms with E-state index in [0.29, 0.717) is 5.25 Å². The van der Waals surface area contributed by atoms with E-state index in [1.54, 1.807) is 11.3 Å². The molecule has 2 aliphatic rings. The third-order valence-electron chi connectivity index (χ3n) is 3.83. The van der Waals surface area contributed by atoms with Crippen molar-refractivity contribution in [2.24, 2.45) is 0 Å². The van der Waals surface area contributed by atoms with Crippen molar-refractivity contribution in [1.29, 1.82) is 0 Å². The van der Waals surface area contributed by atoms with Gasteiger partial charge in [-0.3, -0.25) is 10.1 Å². The Hall–Kier alpha value is -0.520. The van der Waals surface area contributed by atoms with Crippen LogP contribution in [0.4, 0.5) is 0 Å². The molecule has 1 amide bonds. The highest BCUT2D eigenvalue weighted by molar-refractivity contribution is 8.00. The zero-order valence-corrected chi connectivity index (χ0v) is 13.0. The minimum atomic E-state index is -0.0567. The van der Waals surface area contributed by atoms with E-state index in [2.05, 4.69) is 29.3 Å². The summed E-state index contributed by atoms with van der Waals surface area (Å²) in [6.45, 7) is 4.98. The van der Waals surface area contributed by atoms with Gasteiger partial charge in [-0.2, -0.15) is 11.8 Å². The van der Waals surface area contributed by atoms with Gasteiger partial charge in [-0.25, -0.2) is 0 Å². The summed E-state index contributed by atoms with van der Waals surface area (Å²) >= 11 is 3.80. The minimum absolute atomic E-state index is 0.0567. The molecule has 104 valence electrons. The molecule has 2 fully saturated rings. The summed E-state index contributed by atoms with van der Waals surface area (Å²) < 4.78 is 0. The lowest BCUT2D eigenvalue weighted by Crippen LogP contribution is -2.35. The molecular weight excluding hydrogens is 276 g/mol. The van der Waals surface area contributed by atoms with Crippen LogP contribution in [0.3, 0.4) is 0 Å². The predicted molar refractivity (Wildman–Crippen MR) is 81.6 cm³/mol. The van der Waals surface area contributed by atoms with Crippen LogP contribution in [-0.4, -0.2) is 34.4 Å². The molecule has 3 unspecified atom stereocenters. The largest absolute Gasteiger partial charge is 0.320 e. The smallest absolute Gasteiger partial charge is 0.241 e. The van der Waals surface area contributed by atoms with Gasteiger partial charge < -0.3 is 4.90 Å². The van der Waals surface area contributed by atoms with E-state index < -0.39 is 0 Å². The normalized spacial score (nSPS) is 31.4. The third-order valence-corrected chi connectivity index (χ3v) is 6.26. The Kier molecular flexibility index (Phi) is 3.87. The van der Waals surface area contributed by atoms with Gasteiger partial charge in [0.15, 0.2) is 0 Å². The molecule has 1 N–H and O–H groups in total. The van der Waals surface area contributed by atoms with Gasteiger partial charge in [-0.15, -0.1) is 11.3 Å². The molecule has 1 aromatic rings. The molecular formula is C14H20N2OS2. The Balaban J connectivity index is 1.78. The van der Waals surface area contributed by atoms with Gasteiger partial charge in [0.1, 0.15) is 6.17 Å². The maximum Gasteiger partial charge on any atom is 0.241 e. The lowest BCUT2D eigenvalue weighted by Gasteiger charge is -2.26. The van der Waals surface area contributed by atoms with Crippen molar-refractivity contribution < 1.29 is 4.79 Å². The monoisotopic (exact) mass is 296 g/mol. The zero-order valence-electron chi connectivity index (χ0n) is 11.4. The highest BCUT2D eigenvalue weighted by Gasteiger charge is 2.39. The first-order valence-corrected chi connectivity index (χ1v) is 8.76. The standard InChI is InChI=1S/C14H20N2OS2/c1-9-5-6-12(19-9)13-15-10(2)14(17)16(13)8-11-4-3-7-18-11/h5-6,10-11,13,15H,3-4,7-8H2,1-2H3. The first kappa shape index (κ1) is 13.5. The predicted octanol–water partition coefficient (Wildman–Crippen LogP) is 2.77. The number of carbonyl (C=O) groups is 1. The second-order valence-corrected chi connectivity index (χ2v) is 8.09. The molecule has 3 nitrogen and oxygen atoms in total. The topological polar surface area (TPSA) is 32.3 Å². The number of nitrogens with zero attached hydrogens (tertiary/aromatic N) is 1. The van der Waals surface area contributed by atoms with Crippen molar-refractivity contribution >= 4 is 29.0 Å². The van der Waals surface area contributed by atoms with Crippen molar-refractivity contribution in [2.75, 3.05) is 12.3 Å². The number of carbonyl (C=O) groups excluding carboxylic acids is 1. The van der Waals surface area contributed by atoms with Gasteiger partial charge in [0.05, 0.1) is 6.04 Å². The summed E-state index contributed by atoms with van der Waals surface area (Å²) in [7, 11) is 0. The number of rotatable bonds is 3. The Morgan fingerprint density at radius 1 is 1.47 bits per heavy atom. The van der Waals surface area contributed by atoms with E-state index >= 15 is 0 Å². The Labute approximate surface area is 122 Å². The van der Waals surface area contributed by atoms with Gasteiger partial charge in [-0.05, 0) is 44.6 Å². The van der Waals surface area contributed by atoms with E-state index in [9.17, 15) is 4.79 Å². The van der Waals surface area contributed by atoms with Crippen LogP contribution < -0.4 is 5.32 Å². The molecule has 1 aromatic heterocycles. The molecule has 3 heterocycles. The molecule has 2 aliphatic heterocycles. The lowest BCUT2D eigenvalue weighted by molar-refractivity contribution is -0.129. The molecule has 0 aromatic carbocycles. The van der Waals surface area contributed by atoms with Crippen LogP contribution in [0.5, 0.6) is 0 Å². The molecule has 0 bridgehead atoms. The quantitative estimate of drug-likeness (QED) is 0.931. The van der Waals surface area contributed by atoms with Crippen molar-refractivity contribution in [3.05, 3.63) is 21.9 Å². The second kappa shape index (κ2) is 5.46. The molecule has 0 spiro atoms. The average Bonchev–Trinajstić information content (AvgIpc) is 3.08. The summed E-state index contributed by atoms with van der Waals surface area (Å²) in [5, 5.41) is 4.06. The van der Waals surface area contributed by atoms with E-state index in [4.69, 9.17) is 0 Å². The van der Waals surface area contributed by atoms with Crippen molar-refractivity contribution in [3.63, 3.8) is 0 Å². The number of thiophene rings is 1. The molecule has 19 heavy (non-hydrogen) atoms. The van der Waals surface area contributed by atoms with Gasteiger partial charge in [0, 0.05) is 21.5 Å². The fraction of sp³-hybridized carbons (Fsp3) is 0.643. The molecule has 2 saturated heterocycles. The fourth-order valence-corrected chi connectivity index (χ4v) is 5.03. The van der Waals surface area contributed by atoms with Gasteiger partial charge in [0.25, 0.3) is 0 Å². The van der Waals surface area contributed by atoms with Crippen molar-refractivity contribution in [1.82, 2.24) is 10.2 Å². The van der Waals surface area contributed by atoms with Gasteiger partial charge >= 0.3 is 0 Å². The fourth-order valence-electron chi connectivity index (χ4n) is 2.81.